The number of carbonyl (C=O) groups excluding carboxylic acids is 3. The molecule has 0 aliphatic carbocycles. The lowest BCUT2D eigenvalue weighted by Gasteiger charge is -2.33. The summed E-state index contributed by atoms with van der Waals surface area (Å²) in [5, 5.41) is 0. The van der Waals surface area contributed by atoms with Gasteiger partial charge in [-0.3, -0.25) is 9.59 Å². The van der Waals surface area contributed by atoms with E-state index in [4.69, 9.17) is 15.2 Å². The van der Waals surface area contributed by atoms with Crippen molar-refractivity contribution in [3.8, 4) is 5.75 Å². The Hall–Kier alpha value is -3.35. The molecule has 0 saturated carbocycles. The van der Waals surface area contributed by atoms with Gasteiger partial charge in [0.05, 0.1) is 5.56 Å². The molecule has 0 radical (unpaired) electrons. The molecule has 2 amide bonds. The maximum Gasteiger partial charge on any atom is 0.338 e. The molecular weight excluding hydrogens is 396 g/mol. The van der Waals surface area contributed by atoms with Crippen LogP contribution in [-0.2, 0) is 20.7 Å². The van der Waals surface area contributed by atoms with E-state index >= 15 is 0 Å². The highest BCUT2D eigenvalue weighted by Crippen LogP contribution is 2.22. The monoisotopic (exact) mass is 424 g/mol. The van der Waals surface area contributed by atoms with Gasteiger partial charge >= 0.3 is 5.97 Å². The summed E-state index contributed by atoms with van der Waals surface area (Å²) in [5.74, 6) is -0.369. The van der Waals surface area contributed by atoms with E-state index in [2.05, 4.69) is 12.1 Å². The lowest BCUT2D eigenvalue weighted by atomic mass is 9.90. The van der Waals surface area contributed by atoms with E-state index in [9.17, 15) is 14.4 Å². The Kier molecular flexibility index (Phi) is 7.65. The number of ether oxygens (including phenoxy) is 2. The van der Waals surface area contributed by atoms with Crippen LogP contribution in [0, 0.1) is 5.92 Å². The van der Waals surface area contributed by atoms with Gasteiger partial charge in [-0.2, -0.15) is 0 Å². The lowest BCUT2D eigenvalue weighted by Crippen LogP contribution is -2.44. The van der Waals surface area contributed by atoms with Crippen molar-refractivity contribution in [1.82, 2.24) is 4.90 Å². The van der Waals surface area contributed by atoms with E-state index in [-0.39, 0.29) is 12.5 Å². The van der Waals surface area contributed by atoms with Crippen molar-refractivity contribution in [2.45, 2.75) is 32.3 Å². The fourth-order valence-electron chi connectivity index (χ4n) is 3.68. The molecule has 1 aliphatic heterocycles. The van der Waals surface area contributed by atoms with Crippen LogP contribution in [0.3, 0.4) is 0 Å². The van der Waals surface area contributed by atoms with Gasteiger partial charge < -0.3 is 20.1 Å². The van der Waals surface area contributed by atoms with Crippen LogP contribution in [0.15, 0.2) is 54.6 Å². The molecular formula is C24H28N2O5. The minimum absolute atomic E-state index is 0.173. The van der Waals surface area contributed by atoms with Crippen molar-refractivity contribution in [2.24, 2.45) is 11.7 Å². The first-order chi connectivity index (χ1) is 14.9. The minimum Gasteiger partial charge on any atom is -0.484 e. The van der Waals surface area contributed by atoms with Gasteiger partial charge in [-0.15, -0.1) is 0 Å². The highest BCUT2D eigenvalue weighted by atomic mass is 16.5. The van der Waals surface area contributed by atoms with Crippen molar-refractivity contribution in [3.63, 3.8) is 0 Å². The maximum absolute atomic E-state index is 12.7. The molecule has 1 heterocycles. The Balaban J connectivity index is 1.45. The summed E-state index contributed by atoms with van der Waals surface area (Å²) in [6, 6.07) is 16.5. The molecule has 0 unspecified atom stereocenters. The zero-order chi connectivity index (χ0) is 22.2. The smallest absolute Gasteiger partial charge is 0.338 e. The van der Waals surface area contributed by atoms with E-state index in [0.717, 1.165) is 19.3 Å². The third-order valence-corrected chi connectivity index (χ3v) is 5.40. The first kappa shape index (κ1) is 22.3. The molecule has 31 heavy (non-hydrogen) atoms. The van der Waals surface area contributed by atoms with Crippen LogP contribution in [0.2, 0.25) is 0 Å². The van der Waals surface area contributed by atoms with Crippen LogP contribution in [0.4, 0.5) is 0 Å². The third-order valence-electron chi connectivity index (χ3n) is 5.40. The number of carbonyl (C=O) groups is 3. The molecule has 164 valence electrons. The van der Waals surface area contributed by atoms with Gasteiger partial charge in [0, 0.05) is 13.1 Å². The molecule has 7 nitrogen and oxygen atoms in total. The van der Waals surface area contributed by atoms with Crippen molar-refractivity contribution >= 4 is 17.8 Å². The first-order valence-electron chi connectivity index (χ1n) is 10.5. The quantitative estimate of drug-likeness (QED) is 0.657. The van der Waals surface area contributed by atoms with Gasteiger partial charge in [0.25, 0.3) is 11.8 Å². The second-order valence-electron chi connectivity index (χ2n) is 7.79. The molecule has 1 atom stereocenters. The van der Waals surface area contributed by atoms with Gasteiger partial charge in [0.1, 0.15) is 5.75 Å². The fraction of sp³-hybridized carbons (Fsp3) is 0.375. The number of hydrogen-bond acceptors (Lipinski definition) is 5. The molecule has 1 fully saturated rings. The van der Waals surface area contributed by atoms with E-state index < -0.39 is 18.0 Å². The molecule has 1 aliphatic rings. The van der Waals surface area contributed by atoms with E-state index in [0.29, 0.717) is 30.3 Å². The van der Waals surface area contributed by atoms with Crippen molar-refractivity contribution in [3.05, 3.63) is 65.7 Å². The van der Waals surface area contributed by atoms with Crippen molar-refractivity contribution in [2.75, 3.05) is 19.7 Å². The lowest BCUT2D eigenvalue weighted by molar-refractivity contribution is -0.141. The van der Waals surface area contributed by atoms with Gasteiger partial charge in [-0.1, -0.05) is 30.3 Å². The Bertz CT molecular complexity index is 890. The average Bonchev–Trinajstić information content (AvgIpc) is 2.78. The van der Waals surface area contributed by atoms with E-state index in [1.54, 1.807) is 24.0 Å². The van der Waals surface area contributed by atoms with Gasteiger partial charge in [-0.05, 0) is 61.9 Å². The Morgan fingerprint density at radius 2 is 1.68 bits per heavy atom. The number of piperidine rings is 1. The average molecular weight is 424 g/mol. The molecule has 2 N–H and O–H groups in total. The second kappa shape index (κ2) is 10.6. The molecule has 2 aromatic rings. The van der Waals surface area contributed by atoms with Crippen LogP contribution in [0.25, 0.3) is 0 Å². The number of primary amides is 1. The van der Waals surface area contributed by atoms with E-state index in [1.807, 2.05) is 18.2 Å². The number of amides is 2. The number of rotatable bonds is 8. The number of nitrogens with zero attached hydrogens (tertiary/aromatic N) is 1. The van der Waals surface area contributed by atoms with Crippen LogP contribution in [0.5, 0.6) is 5.75 Å². The first-order valence-corrected chi connectivity index (χ1v) is 10.5. The highest BCUT2D eigenvalue weighted by molar-refractivity contribution is 5.92. The Labute approximate surface area is 182 Å². The highest BCUT2D eigenvalue weighted by Gasteiger charge is 2.28. The van der Waals surface area contributed by atoms with Crippen molar-refractivity contribution in [1.29, 1.82) is 0 Å². The largest absolute Gasteiger partial charge is 0.484 e. The van der Waals surface area contributed by atoms with Crippen LogP contribution < -0.4 is 10.5 Å². The second-order valence-corrected chi connectivity index (χ2v) is 7.79. The molecule has 3 rings (SSSR count). The molecule has 0 bridgehead atoms. The van der Waals surface area contributed by atoms with Gasteiger partial charge in [-0.25, -0.2) is 4.79 Å². The molecule has 7 heteroatoms. The molecule has 2 aromatic carbocycles. The summed E-state index contributed by atoms with van der Waals surface area (Å²) >= 11 is 0. The zero-order valence-electron chi connectivity index (χ0n) is 17.7. The Morgan fingerprint density at radius 3 is 2.29 bits per heavy atom. The van der Waals surface area contributed by atoms with Crippen molar-refractivity contribution < 1.29 is 23.9 Å². The van der Waals surface area contributed by atoms with Crippen LogP contribution >= 0.6 is 0 Å². The van der Waals surface area contributed by atoms with Gasteiger partial charge in [0.2, 0.25) is 0 Å². The van der Waals surface area contributed by atoms with Crippen LogP contribution in [-0.4, -0.2) is 48.5 Å². The minimum atomic E-state index is -0.857. The zero-order valence-corrected chi connectivity index (χ0v) is 17.7. The number of hydrogen-bond donors (Lipinski definition) is 1. The summed E-state index contributed by atoms with van der Waals surface area (Å²) in [6.45, 7) is 2.70. The molecule has 0 aromatic heterocycles. The van der Waals surface area contributed by atoms with Crippen LogP contribution in [0.1, 0.15) is 35.7 Å². The topological polar surface area (TPSA) is 98.9 Å². The predicted molar refractivity (Wildman–Crippen MR) is 115 cm³/mol. The summed E-state index contributed by atoms with van der Waals surface area (Å²) in [5.41, 5.74) is 6.65. The summed E-state index contributed by atoms with van der Waals surface area (Å²) in [6.07, 6.45) is 2.04. The summed E-state index contributed by atoms with van der Waals surface area (Å²) in [4.78, 5) is 37.6. The normalized spacial score (nSPS) is 15.2. The number of likely N-dealkylation sites (tertiary alicyclic amines) is 1. The standard InChI is InChI=1S/C24H28N2O5/c1-17(31-24(29)20-7-9-21(10-8-20)30-16-22(25)27)23(28)26-13-11-19(12-14-26)15-18-5-3-2-4-6-18/h2-10,17,19H,11-16H2,1H3,(H2,25,27)/t17-/m0/s1. The maximum atomic E-state index is 12.7. The SMILES string of the molecule is C[C@H](OC(=O)c1ccc(OCC(N)=O)cc1)C(=O)N1CCC(Cc2ccccc2)CC1. The Morgan fingerprint density at radius 1 is 1.03 bits per heavy atom. The summed E-state index contributed by atoms with van der Waals surface area (Å²) < 4.78 is 10.5. The fourth-order valence-corrected chi connectivity index (χ4v) is 3.68. The summed E-state index contributed by atoms with van der Waals surface area (Å²) in [7, 11) is 0. The predicted octanol–water partition coefficient (Wildman–Crippen LogP) is 2.58. The molecule has 1 saturated heterocycles. The number of esters is 1. The van der Waals surface area contributed by atoms with E-state index in [1.165, 1.54) is 17.7 Å². The third kappa shape index (κ3) is 6.57. The number of benzene rings is 2. The number of nitrogens with two attached hydrogens (primary N) is 1. The molecule has 0 spiro atoms. The van der Waals surface area contributed by atoms with Gasteiger partial charge in [0.15, 0.2) is 12.7 Å².